The van der Waals surface area contributed by atoms with E-state index in [0.717, 1.165) is 11.1 Å². The number of rotatable bonds is 8. The molecule has 0 spiro atoms. The van der Waals surface area contributed by atoms with Gasteiger partial charge in [0.1, 0.15) is 11.5 Å². The summed E-state index contributed by atoms with van der Waals surface area (Å²) in [5, 5.41) is 4.63. The predicted octanol–water partition coefficient (Wildman–Crippen LogP) is 3.51. The second-order valence-electron chi connectivity index (χ2n) is 5.90. The summed E-state index contributed by atoms with van der Waals surface area (Å²) < 4.78 is 21.3. The van der Waals surface area contributed by atoms with Gasteiger partial charge in [-0.3, -0.25) is 4.79 Å². The first-order valence-electron chi connectivity index (χ1n) is 8.41. The van der Waals surface area contributed by atoms with E-state index in [1.54, 1.807) is 24.3 Å². The Kier molecular flexibility index (Phi) is 7.52. The first kappa shape index (κ1) is 21.4. The topological polar surface area (TPSA) is 78.4 Å². The number of hydrogen-bond donors (Lipinski definition) is 1. The molecule has 0 unspecified atom stereocenters. The molecule has 0 heterocycles. The molecule has 2 aromatic rings. The smallest absolute Gasteiger partial charge is 0.277 e. The number of hydrazone groups is 1. The van der Waals surface area contributed by atoms with Crippen LogP contribution in [-0.2, 0) is 4.79 Å². The Morgan fingerprint density at radius 2 is 1.57 bits per heavy atom. The van der Waals surface area contributed by atoms with Gasteiger partial charge in [-0.2, -0.15) is 5.10 Å². The van der Waals surface area contributed by atoms with Crippen LogP contribution in [0.25, 0.3) is 0 Å². The largest absolute Gasteiger partial charge is 0.496 e. The fourth-order valence-electron chi connectivity index (χ4n) is 2.50. The van der Waals surface area contributed by atoms with Gasteiger partial charge in [-0.05, 0) is 43.2 Å². The monoisotopic (exact) mass is 406 g/mol. The van der Waals surface area contributed by atoms with E-state index in [1.165, 1.54) is 27.5 Å². The fraction of sp³-hybridized carbons (Fsp3) is 0.300. The standard InChI is InChI=1S/C20H23ClN2O5/c1-12-6-15(7-13(2)20(12)21)28-11-19(24)23-22-10-14-8-17(26-4)18(27-5)9-16(14)25-3/h6-10H,11H2,1-5H3,(H,23,24). The molecule has 0 radical (unpaired) electrons. The number of benzene rings is 2. The molecule has 0 aromatic heterocycles. The average Bonchev–Trinajstić information content (AvgIpc) is 2.69. The summed E-state index contributed by atoms with van der Waals surface area (Å²) in [4.78, 5) is 12.0. The Bertz CT molecular complexity index is 860. The van der Waals surface area contributed by atoms with Crippen LogP contribution in [0.4, 0.5) is 0 Å². The van der Waals surface area contributed by atoms with Crippen molar-refractivity contribution in [3.63, 3.8) is 0 Å². The average molecular weight is 407 g/mol. The van der Waals surface area contributed by atoms with Crippen molar-refractivity contribution in [2.75, 3.05) is 27.9 Å². The lowest BCUT2D eigenvalue weighted by atomic mass is 10.1. The maximum Gasteiger partial charge on any atom is 0.277 e. The normalized spacial score (nSPS) is 10.6. The minimum absolute atomic E-state index is 0.180. The van der Waals surface area contributed by atoms with Crippen molar-refractivity contribution in [2.24, 2.45) is 5.10 Å². The van der Waals surface area contributed by atoms with E-state index < -0.39 is 5.91 Å². The number of ether oxygens (including phenoxy) is 4. The highest BCUT2D eigenvalue weighted by atomic mass is 35.5. The number of amides is 1. The van der Waals surface area contributed by atoms with Gasteiger partial charge in [0.15, 0.2) is 18.1 Å². The minimum Gasteiger partial charge on any atom is -0.496 e. The Morgan fingerprint density at radius 1 is 1.00 bits per heavy atom. The molecule has 8 heteroatoms. The van der Waals surface area contributed by atoms with Gasteiger partial charge in [0, 0.05) is 16.7 Å². The van der Waals surface area contributed by atoms with Crippen molar-refractivity contribution in [1.82, 2.24) is 5.43 Å². The van der Waals surface area contributed by atoms with Crippen LogP contribution in [0.1, 0.15) is 16.7 Å². The first-order chi connectivity index (χ1) is 13.4. The molecular formula is C20H23ClN2O5. The summed E-state index contributed by atoms with van der Waals surface area (Å²) in [6.45, 7) is 3.58. The van der Waals surface area contributed by atoms with Crippen molar-refractivity contribution in [3.8, 4) is 23.0 Å². The van der Waals surface area contributed by atoms with Gasteiger partial charge in [-0.15, -0.1) is 0 Å². The number of carbonyl (C=O) groups is 1. The molecule has 28 heavy (non-hydrogen) atoms. The van der Waals surface area contributed by atoms with Gasteiger partial charge in [0.05, 0.1) is 27.5 Å². The maximum atomic E-state index is 12.0. The molecule has 0 bridgehead atoms. The Labute approximate surface area is 169 Å². The van der Waals surface area contributed by atoms with Crippen molar-refractivity contribution in [3.05, 3.63) is 46.0 Å². The second-order valence-corrected chi connectivity index (χ2v) is 6.28. The van der Waals surface area contributed by atoms with Crippen LogP contribution < -0.4 is 24.4 Å². The number of nitrogens with zero attached hydrogens (tertiary/aromatic N) is 1. The first-order valence-corrected chi connectivity index (χ1v) is 8.78. The van der Waals surface area contributed by atoms with Crippen LogP contribution in [0.5, 0.6) is 23.0 Å². The van der Waals surface area contributed by atoms with E-state index in [-0.39, 0.29) is 6.61 Å². The highest BCUT2D eigenvalue weighted by Crippen LogP contribution is 2.33. The lowest BCUT2D eigenvalue weighted by Crippen LogP contribution is -2.24. The molecule has 150 valence electrons. The van der Waals surface area contributed by atoms with Crippen molar-refractivity contribution in [2.45, 2.75) is 13.8 Å². The van der Waals surface area contributed by atoms with Gasteiger partial charge in [0.2, 0.25) is 0 Å². The van der Waals surface area contributed by atoms with Gasteiger partial charge >= 0.3 is 0 Å². The summed E-state index contributed by atoms with van der Waals surface area (Å²) in [5.74, 6) is 1.75. The minimum atomic E-state index is -0.402. The molecule has 0 atom stereocenters. The van der Waals surface area contributed by atoms with E-state index in [4.69, 9.17) is 30.5 Å². The zero-order valence-electron chi connectivity index (χ0n) is 16.5. The molecule has 1 N–H and O–H groups in total. The van der Waals surface area contributed by atoms with Crippen LogP contribution in [-0.4, -0.2) is 40.1 Å². The van der Waals surface area contributed by atoms with E-state index in [0.29, 0.717) is 33.6 Å². The van der Waals surface area contributed by atoms with E-state index in [9.17, 15) is 4.79 Å². The van der Waals surface area contributed by atoms with Crippen molar-refractivity contribution >= 4 is 23.7 Å². The molecule has 7 nitrogen and oxygen atoms in total. The zero-order valence-corrected chi connectivity index (χ0v) is 17.2. The third-order valence-corrected chi connectivity index (χ3v) is 4.50. The van der Waals surface area contributed by atoms with E-state index >= 15 is 0 Å². The molecule has 0 saturated carbocycles. The van der Waals surface area contributed by atoms with Crippen molar-refractivity contribution < 1.29 is 23.7 Å². The van der Waals surface area contributed by atoms with Crippen LogP contribution in [0.3, 0.4) is 0 Å². The van der Waals surface area contributed by atoms with Gasteiger partial charge in [0.25, 0.3) is 5.91 Å². The molecule has 0 aliphatic rings. The lowest BCUT2D eigenvalue weighted by molar-refractivity contribution is -0.123. The lowest BCUT2D eigenvalue weighted by Gasteiger charge is -2.12. The Morgan fingerprint density at radius 3 is 2.14 bits per heavy atom. The van der Waals surface area contributed by atoms with Gasteiger partial charge in [-0.25, -0.2) is 5.43 Å². The van der Waals surface area contributed by atoms with Crippen LogP contribution in [0.15, 0.2) is 29.4 Å². The summed E-state index contributed by atoms with van der Waals surface area (Å²) >= 11 is 6.12. The van der Waals surface area contributed by atoms with Crippen LogP contribution >= 0.6 is 11.6 Å². The fourth-order valence-corrected chi connectivity index (χ4v) is 2.61. The van der Waals surface area contributed by atoms with E-state index in [1.807, 2.05) is 13.8 Å². The molecule has 2 aromatic carbocycles. The molecule has 0 aliphatic heterocycles. The van der Waals surface area contributed by atoms with Gasteiger partial charge < -0.3 is 18.9 Å². The molecule has 2 rings (SSSR count). The Balaban J connectivity index is 2.00. The third kappa shape index (κ3) is 5.29. The number of hydrogen-bond acceptors (Lipinski definition) is 6. The van der Waals surface area contributed by atoms with Crippen LogP contribution in [0.2, 0.25) is 5.02 Å². The molecule has 0 saturated heterocycles. The highest BCUT2D eigenvalue weighted by molar-refractivity contribution is 6.32. The summed E-state index contributed by atoms with van der Waals surface area (Å²) in [7, 11) is 4.60. The van der Waals surface area contributed by atoms with Crippen molar-refractivity contribution in [1.29, 1.82) is 0 Å². The number of nitrogens with one attached hydrogen (secondary N) is 1. The number of aryl methyl sites for hydroxylation is 2. The zero-order chi connectivity index (χ0) is 20.7. The van der Waals surface area contributed by atoms with Crippen LogP contribution in [0, 0.1) is 13.8 Å². The third-order valence-electron chi connectivity index (χ3n) is 3.91. The van der Waals surface area contributed by atoms with Gasteiger partial charge in [-0.1, -0.05) is 11.6 Å². The molecule has 1 amide bonds. The summed E-state index contributed by atoms with van der Waals surface area (Å²) in [6.07, 6.45) is 1.45. The molecule has 0 fully saturated rings. The predicted molar refractivity (Wildman–Crippen MR) is 108 cm³/mol. The number of methoxy groups -OCH3 is 3. The highest BCUT2D eigenvalue weighted by Gasteiger charge is 2.11. The maximum absolute atomic E-state index is 12.0. The summed E-state index contributed by atoms with van der Waals surface area (Å²) in [5.41, 5.74) is 4.80. The van der Waals surface area contributed by atoms with E-state index in [2.05, 4.69) is 10.5 Å². The number of carbonyl (C=O) groups excluding carboxylic acids is 1. The number of halogens is 1. The quantitative estimate of drug-likeness (QED) is 0.536. The second kappa shape index (κ2) is 9.85. The molecular weight excluding hydrogens is 384 g/mol. The SMILES string of the molecule is COc1cc(OC)c(OC)cc1C=NNC(=O)COc1cc(C)c(Cl)c(C)c1. The molecule has 0 aliphatic carbocycles. The Hall–Kier alpha value is -2.93. The summed E-state index contributed by atoms with van der Waals surface area (Å²) in [6, 6.07) is 6.93.